The minimum Gasteiger partial charge on any atom is -0.394 e. The molecule has 0 bridgehead atoms. The molecule has 0 saturated carbocycles. The van der Waals surface area contributed by atoms with Gasteiger partial charge in [-0.2, -0.15) is 4.31 Å². The minimum atomic E-state index is -3.62. The van der Waals surface area contributed by atoms with Crippen molar-refractivity contribution in [1.82, 2.24) is 14.6 Å². The summed E-state index contributed by atoms with van der Waals surface area (Å²) in [4.78, 5) is 14.5. The molecule has 1 aliphatic heterocycles. The molecular formula is C12H19N3O5S. The number of H-pyrrole nitrogens is 1. The van der Waals surface area contributed by atoms with Gasteiger partial charge in [-0.15, -0.1) is 0 Å². The molecule has 0 aliphatic carbocycles. The number of rotatable bonds is 5. The third-order valence-electron chi connectivity index (χ3n) is 3.16. The van der Waals surface area contributed by atoms with Gasteiger partial charge in [-0.1, -0.05) is 0 Å². The third-order valence-corrected chi connectivity index (χ3v) is 5.04. The SMILES string of the molecule is CC(CO)NC(=O)c1cc(S(=O)(=O)N2CCOCC2)c[nH]1. The van der Waals surface area contributed by atoms with Crippen molar-refractivity contribution in [1.29, 1.82) is 0 Å². The van der Waals surface area contributed by atoms with Crippen molar-refractivity contribution >= 4 is 15.9 Å². The van der Waals surface area contributed by atoms with E-state index in [-0.39, 0.29) is 17.2 Å². The Bertz CT molecular complexity index is 592. The highest BCUT2D eigenvalue weighted by Crippen LogP contribution is 2.18. The Kier molecular flexibility index (Phi) is 4.99. The second kappa shape index (κ2) is 6.56. The van der Waals surface area contributed by atoms with Gasteiger partial charge < -0.3 is 20.1 Å². The van der Waals surface area contributed by atoms with E-state index < -0.39 is 22.0 Å². The molecule has 3 N–H and O–H groups in total. The standard InChI is InChI=1S/C12H19N3O5S/c1-9(8-16)14-12(17)11-6-10(7-13-11)21(18,19)15-2-4-20-5-3-15/h6-7,9,13,16H,2-5,8H2,1H3,(H,14,17). The molecule has 8 nitrogen and oxygen atoms in total. The Morgan fingerprint density at radius 1 is 1.52 bits per heavy atom. The fourth-order valence-corrected chi connectivity index (χ4v) is 3.34. The van der Waals surface area contributed by atoms with Gasteiger partial charge in [0.05, 0.1) is 19.8 Å². The minimum absolute atomic E-state index is 0.0474. The van der Waals surface area contributed by atoms with Crippen LogP contribution in [0.1, 0.15) is 17.4 Å². The third kappa shape index (κ3) is 3.62. The van der Waals surface area contributed by atoms with Crippen LogP contribution in [-0.4, -0.2) is 67.7 Å². The van der Waals surface area contributed by atoms with E-state index in [9.17, 15) is 13.2 Å². The van der Waals surface area contributed by atoms with Gasteiger partial charge in [-0.05, 0) is 13.0 Å². The van der Waals surface area contributed by atoms with Crippen LogP contribution in [0.2, 0.25) is 0 Å². The number of ether oxygens (including phenoxy) is 1. The molecule has 0 spiro atoms. The summed E-state index contributed by atoms with van der Waals surface area (Å²) in [6.07, 6.45) is 1.29. The summed E-state index contributed by atoms with van der Waals surface area (Å²) >= 11 is 0. The molecule has 1 atom stereocenters. The molecule has 1 aliphatic rings. The van der Waals surface area contributed by atoms with Gasteiger partial charge in [0.15, 0.2) is 0 Å². The number of aliphatic hydroxyl groups is 1. The van der Waals surface area contributed by atoms with Gasteiger partial charge in [-0.3, -0.25) is 4.79 Å². The highest BCUT2D eigenvalue weighted by atomic mass is 32.2. The van der Waals surface area contributed by atoms with Crippen LogP contribution in [-0.2, 0) is 14.8 Å². The number of hydrogen-bond donors (Lipinski definition) is 3. The molecule has 0 radical (unpaired) electrons. The lowest BCUT2D eigenvalue weighted by molar-refractivity contribution is 0.0730. The summed E-state index contributed by atoms with van der Waals surface area (Å²) < 4.78 is 31.2. The van der Waals surface area contributed by atoms with Crippen LogP contribution >= 0.6 is 0 Å². The van der Waals surface area contributed by atoms with Gasteiger partial charge >= 0.3 is 0 Å². The Labute approximate surface area is 123 Å². The quantitative estimate of drug-likeness (QED) is 0.655. The van der Waals surface area contributed by atoms with Crippen LogP contribution in [0.3, 0.4) is 0 Å². The number of amides is 1. The second-order valence-electron chi connectivity index (χ2n) is 4.82. The van der Waals surface area contributed by atoms with Crippen molar-refractivity contribution in [3.05, 3.63) is 18.0 Å². The van der Waals surface area contributed by atoms with Gasteiger partial charge in [-0.25, -0.2) is 8.42 Å². The van der Waals surface area contributed by atoms with Crippen LogP contribution in [0.5, 0.6) is 0 Å². The lowest BCUT2D eigenvalue weighted by Gasteiger charge is -2.25. The summed E-state index contributed by atoms with van der Waals surface area (Å²) in [5.74, 6) is -0.458. The van der Waals surface area contributed by atoms with Crippen molar-refractivity contribution in [2.45, 2.75) is 17.9 Å². The fourth-order valence-electron chi connectivity index (χ4n) is 1.94. The van der Waals surface area contributed by atoms with Crippen molar-refractivity contribution in [3.8, 4) is 0 Å². The molecule has 1 unspecified atom stereocenters. The monoisotopic (exact) mass is 317 g/mol. The molecule has 1 amide bonds. The number of aromatic nitrogens is 1. The average molecular weight is 317 g/mol. The Morgan fingerprint density at radius 2 is 2.19 bits per heavy atom. The van der Waals surface area contributed by atoms with E-state index in [1.807, 2.05) is 0 Å². The van der Waals surface area contributed by atoms with Gasteiger partial charge in [0, 0.05) is 25.3 Å². The van der Waals surface area contributed by atoms with Crippen LogP contribution < -0.4 is 5.32 Å². The second-order valence-corrected chi connectivity index (χ2v) is 6.76. The highest BCUT2D eigenvalue weighted by molar-refractivity contribution is 7.89. The molecule has 0 aromatic carbocycles. The zero-order valence-electron chi connectivity index (χ0n) is 11.7. The summed E-state index contributed by atoms with van der Waals surface area (Å²) in [5, 5.41) is 11.4. The van der Waals surface area contributed by atoms with Crippen LogP contribution in [0.4, 0.5) is 0 Å². The molecule has 2 heterocycles. The summed E-state index contributed by atoms with van der Waals surface area (Å²) in [6, 6.07) is 0.893. The maximum atomic E-state index is 12.4. The first-order chi connectivity index (χ1) is 9.95. The predicted octanol–water partition coefficient (Wildman–Crippen LogP) is -0.854. The summed E-state index contributed by atoms with van der Waals surface area (Å²) in [5.41, 5.74) is 0.141. The number of nitrogens with zero attached hydrogens (tertiary/aromatic N) is 1. The van der Waals surface area contributed by atoms with Crippen molar-refractivity contribution in [2.24, 2.45) is 0 Å². The van der Waals surface area contributed by atoms with Gasteiger partial charge in [0.25, 0.3) is 5.91 Å². The van der Waals surface area contributed by atoms with E-state index in [1.54, 1.807) is 6.92 Å². The van der Waals surface area contributed by atoms with E-state index in [1.165, 1.54) is 16.6 Å². The molecule has 1 aromatic rings. The predicted molar refractivity (Wildman–Crippen MR) is 74.4 cm³/mol. The van der Waals surface area contributed by atoms with Crippen LogP contribution in [0.25, 0.3) is 0 Å². The molecule has 1 aromatic heterocycles. The average Bonchev–Trinajstić information content (AvgIpc) is 2.98. The first-order valence-corrected chi connectivity index (χ1v) is 8.07. The Morgan fingerprint density at radius 3 is 2.81 bits per heavy atom. The molecular weight excluding hydrogens is 298 g/mol. The number of hydrogen-bond acceptors (Lipinski definition) is 5. The number of carbonyl (C=O) groups excluding carboxylic acids is 1. The van der Waals surface area contributed by atoms with E-state index in [4.69, 9.17) is 9.84 Å². The Balaban J connectivity index is 2.13. The largest absolute Gasteiger partial charge is 0.394 e. The van der Waals surface area contributed by atoms with Crippen LogP contribution in [0.15, 0.2) is 17.2 Å². The van der Waals surface area contributed by atoms with Crippen molar-refractivity contribution in [3.63, 3.8) is 0 Å². The lowest BCUT2D eigenvalue weighted by atomic mass is 10.3. The number of aromatic amines is 1. The van der Waals surface area contributed by atoms with Crippen molar-refractivity contribution in [2.75, 3.05) is 32.9 Å². The zero-order valence-corrected chi connectivity index (χ0v) is 12.5. The smallest absolute Gasteiger partial charge is 0.268 e. The molecule has 21 heavy (non-hydrogen) atoms. The number of nitrogens with one attached hydrogen (secondary N) is 2. The molecule has 118 valence electrons. The van der Waals surface area contributed by atoms with Gasteiger partial charge in [0.2, 0.25) is 10.0 Å². The normalized spacial score (nSPS) is 18.4. The van der Waals surface area contributed by atoms with E-state index in [0.717, 1.165) is 0 Å². The Hall–Kier alpha value is -1.42. The molecule has 1 saturated heterocycles. The van der Waals surface area contributed by atoms with Crippen molar-refractivity contribution < 1.29 is 23.1 Å². The first-order valence-electron chi connectivity index (χ1n) is 6.63. The molecule has 9 heteroatoms. The van der Waals surface area contributed by atoms with Crippen LogP contribution in [0, 0.1) is 0 Å². The topological polar surface area (TPSA) is 112 Å². The zero-order chi connectivity index (χ0) is 15.5. The van der Waals surface area contributed by atoms with E-state index >= 15 is 0 Å². The van der Waals surface area contributed by atoms with E-state index in [0.29, 0.717) is 26.3 Å². The van der Waals surface area contributed by atoms with E-state index in [2.05, 4.69) is 10.3 Å². The first kappa shape index (κ1) is 16.0. The maximum absolute atomic E-state index is 12.4. The molecule has 2 rings (SSSR count). The number of sulfonamides is 1. The molecule has 1 fully saturated rings. The maximum Gasteiger partial charge on any atom is 0.268 e. The number of carbonyl (C=O) groups is 1. The number of morpholine rings is 1. The van der Waals surface area contributed by atoms with Gasteiger partial charge in [0.1, 0.15) is 10.6 Å². The fraction of sp³-hybridized carbons (Fsp3) is 0.583. The summed E-state index contributed by atoms with van der Waals surface area (Å²) in [6.45, 7) is 2.79. The highest BCUT2D eigenvalue weighted by Gasteiger charge is 2.28. The lowest BCUT2D eigenvalue weighted by Crippen LogP contribution is -2.40. The summed E-state index contributed by atoms with van der Waals surface area (Å²) in [7, 11) is -3.62. The number of aliphatic hydroxyl groups excluding tert-OH is 1.